The van der Waals surface area contributed by atoms with Gasteiger partial charge in [0, 0.05) is 29.8 Å². The Labute approximate surface area is 126 Å². The Balaban J connectivity index is 2.81. The fourth-order valence-corrected chi connectivity index (χ4v) is 1.85. The minimum absolute atomic E-state index is 0.0515. The maximum atomic E-state index is 10.9. The quantitative estimate of drug-likeness (QED) is 0.446. The van der Waals surface area contributed by atoms with Crippen molar-refractivity contribution < 1.29 is 9.66 Å². The van der Waals surface area contributed by atoms with Gasteiger partial charge in [-0.1, -0.05) is 19.8 Å². The van der Waals surface area contributed by atoms with Crippen LogP contribution in [0.5, 0.6) is 5.75 Å². The average Bonchev–Trinajstić information content (AvgIpc) is 2.41. The second kappa shape index (κ2) is 7.98. The molecule has 0 aliphatic rings. The lowest BCUT2D eigenvalue weighted by atomic mass is 10.1. The Bertz CT molecular complexity index is 467. The summed E-state index contributed by atoms with van der Waals surface area (Å²) in [6, 6.07) is 4.79. The molecule has 1 aromatic carbocycles. The van der Waals surface area contributed by atoms with Gasteiger partial charge in [-0.3, -0.25) is 10.1 Å². The third-order valence-corrected chi connectivity index (χ3v) is 3.07. The topological polar surface area (TPSA) is 64.4 Å². The van der Waals surface area contributed by atoms with Crippen molar-refractivity contribution in [1.29, 1.82) is 0 Å². The van der Waals surface area contributed by atoms with Crippen LogP contribution in [0.15, 0.2) is 18.2 Å². The summed E-state index contributed by atoms with van der Waals surface area (Å²) < 4.78 is 5.78. The zero-order valence-corrected chi connectivity index (χ0v) is 13.4. The maximum Gasteiger partial charge on any atom is 0.270 e. The van der Waals surface area contributed by atoms with E-state index < -0.39 is 0 Å². The van der Waals surface area contributed by atoms with E-state index >= 15 is 0 Å². The minimum atomic E-state index is -0.374. The number of non-ortho nitro benzene ring substituents is 1. The van der Waals surface area contributed by atoms with Crippen molar-refractivity contribution in [2.75, 3.05) is 6.61 Å². The molecule has 0 aliphatic heterocycles. The lowest BCUT2D eigenvalue weighted by Gasteiger charge is -2.21. The van der Waals surface area contributed by atoms with Gasteiger partial charge in [-0.05, 0) is 33.3 Å². The highest BCUT2D eigenvalue weighted by Gasteiger charge is 2.15. The Morgan fingerprint density at radius 2 is 2.00 bits per heavy atom. The van der Waals surface area contributed by atoms with Crippen LogP contribution in [0, 0.1) is 10.1 Å². The lowest BCUT2D eigenvalue weighted by molar-refractivity contribution is -0.384. The van der Waals surface area contributed by atoms with Crippen LogP contribution >= 0.6 is 0 Å². The van der Waals surface area contributed by atoms with Gasteiger partial charge in [0.15, 0.2) is 0 Å². The van der Waals surface area contributed by atoms with E-state index in [1.165, 1.54) is 6.07 Å². The molecule has 0 bridgehead atoms. The van der Waals surface area contributed by atoms with Crippen LogP contribution in [0.3, 0.4) is 0 Å². The highest BCUT2D eigenvalue weighted by Crippen LogP contribution is 2.25. The molecule has 0 saturated carbocycles. The number of hydrogen-bond donors (Lipinski definition) is 1. The molecular formula is C16H26N2O3. The number of nitro benzene ring substituents is 1. The van der Waals surface area contributed by atoms with Gasteiger partial charge in [-0.15, -0.1) is 0 Å². The van der Waals surface area contributed by atoms with Crippen LogP contribution in [0.4, 0.5) is 5.69 Å². The maximum absolute atomic E-state index is 10.9. The molecule has 1 rings (SSSR count). The molecule has 0 spiro atoms. The van der Waals surface area contributed by atoms with E-state index in [-0.39, 0.29) is 16.1 Å². The van der Waals surface area contributed by atoms with Gasteiger partial charge in [-0.25, -0.2) is 0 Å². The van der Waals surface area contributed by atoms with Gasteiger partial charge < -0.3 is 10.1 Å². The van der Waals surface area contributed by atoms with E-state index in [1.807, 2.05) is 0 Å². The molecule has 0 saturated heterocycles. The molecule has 1 N–H and O–H groups in total. The lowest BCUT2D eigenvalue weighted by Crippen LogP contribution is -2.35. The number of benzene rings is 1. The van der Waals surface area contributed by atoms with E-state index in [4.69, 9.17) is 4.74 Å². The van der Waals surface area contributed by atoms with E-state index in [0.717, 1.165) is 30.6 Å². The van der Waals surface area contributed by atoms with Gasteiger partial charge in [-0.2, -0.15) is 0 Å². The third kappa shape index (κ3) is 6.58. The first-order chi connectivity index (χ1) is 9.83. The smallest absolute Gasteiger partial charge is 0.270 e. The summed E-state index contributed by atoms with van der Waals surface area (Å²) >= 11 is 0. The summed E-state index contributed by atoms with van der Waals surface area (Å²) in [6.07, 6.45) is 3.27. The molecule has 0 amide bonds. The minimum Gasteiger partial charge on any atom is -0.493 e. The van der Waals surface area contributed by atoms with Gasteiger partial charge >= 0.3 is 0 Å². The molecule has 5 heteroatoms. The first-order valence-electron chi connectivity index (χ1n) is 7.48. The summed E-state index contributed by atoms with van der Waals surface area (Å²) in [5.41, 5.74) is 0.877. The number of rotatable bonds is 8. The van der Waals surface area contributed by atoms with Crippen molar-refractivity contribution in [1.82, 2.24) is 5.32 Å². The highest BCUT2D eigenvalue weighted by atomic mass is 16.6. The molecule has 118 valence electrons. The Kier molecular flexibility index (Phi) is 6.62. The average molecular weight is 294 g/mol. The van der Waals surface area contributed by atoms with Crippen LogP contribution in [0.2, 0.25) is 0 Å². The molecule has 0 aliphatic carbocycles. The standard InChI is InChI=1S/C16H26N2O3/c1-5-6-7-10-21-15-9-8-14(18(19)20)11-13(15)12-17-16(2,3)4/h8-9,11,17H,5-7,10,12H2,1-4H3. The van der Waals surface area contributed by atoms with Crippen LogP contribution in [0.1, 0.15) is 52.5 Å². The predicted molar refractivity (Wildman–Crippen MR) is 84.7 cm³/mol. The first kappa shape index (κ1) is 17.4. The van der Waals surface area contributed by atoms with Crippen molar-refractivity contribution in [3.05, 3.63) is 33.9 Å². The Morgan fingerprint density at radius 3 is 2.57 bits per heavy atom. The molecule has 0 heterocycles. The van der Waals surface area contributed by atoms with E-state index in [2.05, 4.69) is 33.0 Å². The highest BCUT2D eigenvalue weighted by molar-refractivity contribution is 5.43. The number of ether oxygens (including phenoxy) is 1. The second-order valence-corrected chi connectivity index (χ2v) is 6.21. The van der Waals surface area contributed by atoms with Crippen molar-refractivity contribution in [2.45, 2.75) is 59.0 Å². The number of nitrogens with one attached hydrogen (secondary N) is 1. The van der Waals surface area contributed by atoms with Crippen molar-refractivity contribution in [2.24, 2.45) is 0 Å². The SMILES string of the molecule is CCCCCOc1ccc([N+](=O)[O-])cc1CNC(C)(C)C. The first-order valence-corrected chi connectivity index (χ1v) is 7.48. The monoisotopic (exact) mass is 294 g/mol. The molecule has 0 radical (unpaired) electrons. The molecule has 0 fully saturated rings. The number of nitrogens with zero attached hydrogens (tertiary/aromatic N) is 1. The van der Waals surface area contributed by atoms with Crippen molar-refractivity contribution in [3.8, 4) is 5.75 Å². The molecular weight excluding hydrogens is 268 g/mol. The Morgan fingerprint density at radius 1 is 1.29 bits per heavy atom. The zero-order chi connectivity index (χ0) is 15.9. The van der Waals surface area contributed by atoms with E-state index in [9.17, 15) is 10.1 Å². The molecule has 0 aromatic heterocycles. The molecule has 5 nitrogen and oxygen atoms in total. The number of hydrogen-bond acceptors (Lipinski definition) is 4. The predicted octanol–water partition coefficient (Wildman–Crippen LogP) is 4.05. The van der Waals surface area contributed by atoms with Crippen LogP contribution in [-0.2, 0) is 6.54 Å². The summed E-state index contributed by atoms with van der Waals surface area (Å²) in [6.45, 7) is 9.53. The summed E-state index contributed by atoms with van der Waals surface area (Å²) in [7, 11) is 0. The normalized spacial score (nSPS) is 11.4. The van der Waals surface area contributed by atoms with Gasteiger partial charge in [0.25, 0.3) is 5.69 Å². The van der Waals surface area contributed by atoms with Gasteiger partial charge in [0.2, 0.25) is 0 Å². The van der Waals surface area contributed by atoms with Crippen LogP contribution in [0.25, 0.3) is 0 Å². The van der Waals surface area contributed by atoms with Gasteiger partial charge in [0.1, 0.15) is 5.75 Å². The zero-order valence-electron chi connectivity index (χ0n) is 13.4. The van der Waals surface area contributed by atoms with Crippen LogP contribution in [-0.4, -0.2) is 17.1 Å². The fraction of sp³-hybridized carbons (Fsp3) is 0.625. The molecule has 21 heavy (non-hydrogen) atoms. The largest absolute Gasteiger partial charge is 0.493 e. The number of unbranched alkanes of at least 4 members (excludes halogenated alkanes) is 2. The van der Waals surface area contributed by atoms with E-state index in [0.29, 0.717) is 13.2 Å². The number of nitro groups is 1. The van der Waals surface area contributed by atoms with E-state index in [1.54, 1.807) is 12.1 Å². The van der Waals surface area contributed by atoms with Gasteiger partial charge in [0.05, 0.1) is 11.5 Å². The summed E-state index contributed by atoms with van der Waals surface area (Å²) in [4.78, 5) is 10.5. The van der Waals surface area contributed by atoms with Crippen LogP contribution < -0.4 is 10.1 Å². The van der Waals surface area contributed by atoms with Crippen molar-refractivity contribution in [3.63, 3.8) is 0 Å². The summed E-state index contributed by atoms with van der Waals surface area (Å²) in [5.74, 6) is 0.730. The molecule has 1 aromatic rings. The molecule has 0 atom stereocenters. The second-order valence-electron chi connectivity index (χ2n) is 6.21. The summed E-state index contributed by atoms with van der Waals surface area (Å²) in [5, 5.41) is 14.3. The third-order valence-electron chi connectivity index (χ3n) is 3.07. The Hall–Kier alpha value is -1.62. The fourth-order valence-electron chi connectivity index (χ4n) is 1.85. The molecule has 0 unspecified atom stereocenters. The van der Waals surface area contributed by atoms with Crippen molar-refractivity contribution >= 4 is 5.69 Å².